The molecule has 0 amide bonds. The van der Waals surface area contributed by atoms with Gasteiger partial charge in [0.1, 0.15) is 0 Å². The first-order chi connectivity index (χ1) is 5.07. The van der Waals surface area contributed by atoms with Crippen LogP contribution in [0, 0.1) is 0 Å². The number of nitrogens with zero attached hydrogens (tertiary/aromatic N) is 1. The second-order valence-corrected chi connectivity index (χ2v) is 3.19. The molecule has 0 rings (SSSR count). The number of likely N-dealkylation sites (N-methyl/N-ethyl adjacent to an activating group) is 1. The molecule has 0 spiro atoms. The van der Waals surface area contributed by atoms with Gasteiger partial charge in [-0.2, -0.15) is 0 Å². The fraction of sp³-hybridized carbons (Fsp3) is 0.750. The Kier molecular flexibility index (Phi) is 5.56. The molecule has 11 heavy (non-hydrogen) atoms. The lowest BCUT2D eigenvalue weighted by atomic mass is 10.1. The molecule has 0 radical (unpaired) electrons. The van der Waals surface area contributed by atoms with Gasteiger partial charge in [-0.25, -0.2) is 0 Å². The van der Waals surface area contributed by atoms with Gasteiger partial charge in [0.05, 0.1) is 6.10 Å². The summed E-state index contributed by atoms with van der Waals surface area (Å²) < 4.78 is 0. The number of aliphatic hydroxyl groups excluding tert-OH is 1. The molecule has 0 aliphatic heterocycles. The first-order valence-electron chi connectivity index (χ1n) is 3.69. The molecule has 0 aliphatic rings. The Bertz CT molecular complexity index is 123. The maximum Gasteiger partial charge on any atom is 0.0530 e. The van der Waals surface area contributed by atoms with Gasteiger partial charge in [-0.15, -0.1) is 0 Å². The summed E-state index contributed by atoms with van der Waals surface area (Å²) in [5, 5.41) is 9.09. The highest BCUT2D eigenvalue weighted by atomic mass is 35.5. The maximum absolute atomic E-state index is 9.09. The van der Waals surface area contributed by atoms with Gasteiger partial charge in [-0.1, -0.05) is 17.7 Å². The fourth-order valence-corrected chi connectivity index (χ4v) is 1.06. The molecule has 0 saturated heterocycles. The first kappa shape index (κ1) is 11.0. The molecule has 0 fully saturated rings. The van der Waals surface area contributed by atoms with Gasteiger partial charge in [0.25, 0.3) is 0 Å². The molecule has 0 aromatic rings. The van der Waals surface area contributed by atoms with Crippen molar-refractivity contribution in [3.63, 3.8) is 0 Å². The maximum atomic E-state index is 9.09. The van der Waals surface area contributed by atoms with Crippen molar-refractivity contribution in [3.8, 4) is 0 Å². The molecule has 0 saturated carbocycles. The fourth-order valence-electron chi connectivity index (χ4n) is 0.895. The van der Waals surface area contributed by atoms with Gasteiger partial charge in [0.2, 0.25) is 0 Å². The Morgan fingerprint density at radius 2 is 2.09 bits per heavy atom. The Morgan fingerprint density at radius 1 is 1.55 bits per heavy atom. The zero-order chi connectivity index (χ0) is 8.85. The molecular formula is C8H16ClNO. The number of rotatable bonds is 4. The highest BCUT2D eigenvalue weighted by Crippen LogP contribution is 2.05. The van der Waals surface area contributed by atoms with Crippen LogP contribution in [0.15, 0.2) is 11.6 Å². The van der Waals surface area contributed by atoms with Crippen molar-refractivity contribution in [2.45, 2.75) is 25.5 Å². The molecule has 1 N–H and O–H groups in total. The van der Waals surface area contributed by atoms with E-state index in [0.29, 0.717) is 0 Å². The Balaban J connectivity index is 3.89. The summed E-state index contributed by atoms with van der Waals surface area (Å²) in [5.74, 6) is 0. The van der Waals surface area contributed by atoms with E-state index in [0.717, 1.165) is 6.42 Å². The van der Waals surface area contributed by atoms with E-state index in [1.54, 1.807) is 6.92 Å². The molecule has 0 aromatic carbocycles. The van der Waals surface area contributed by atoms with Crippen molar-refractivity contribution in [2.24, 2.45) is 0 Å². The van der Waals surface area contributed by atoms with Crippen molar-refractivity contribution >= 4 is 11.6 Å². The minimum atomic E-state index is -0.282. The molecule has 3 heteroatoms. The smallest absolute Gasteiger partial charge is 0.0530 e. The number of hydrogen-bond acceptors (Lipinski definition) is 2. The summed E-state index contributed by atoms with van der Waals surface area (Å²) in [7, 11) is 3.92. The molecule has 2 unspecified atom stereocenters. The molecule has 0 aromatic heterocycles. The van der Waals surface area contributed by atoms with Gasteiger partial charge < -0.3 is 10.0 Å². The molecular weight excluding hydrogens is 162 g/mol. The number of halogens is 1. The van der Waals surface area contributed by atoms with Crippen molar-refractivity contribution in [2.75, 3.05) is 14.1 Å². The zero-order valence-electron chi connectivity index (χ0n) is 7.29. The van der Waals surface area contributed by atoms with E-state index in [1.807, 2.05) is 25.1 Å². The second-order valence-electron chi connectivity index (χ2n) is 2.93. The minimum Gasteiger partial charge on any atom is -0.393 e. The average Bonchev–Trinajstić information content (AvgIpc) is 1.86. The van der Waals surface area contributed by atoms with E-state index >= 15 is 0 Å². The van der Waals surface area contributed by atoms with Crippen LogP contribution in [0.1, 0.15) is 13.3 Å². The van der Waals surface area contributed by atoms with E-state index in [4.69, 9.17) is 16.7 Å². The summed E-state index contributed by atoms with van der Waals surface area (Å²) in [4.78, 5) is 2.02. The SMILES string of the molecule is CC(O)CC(C=CCl)N(C)C. The standard InChI is InChI=1S/C8H16ClNO/c1-7(11)6-8(4-5-9)10(2)3/h4-5,7-8,11H,6H2,1-3H3. The predicted molar refractivity (Wildman–Crippen MR) is 48.8 cm³/mol. The third-order valence-corrected chi connectivity index (χ3v) is 1.69. The summed E-state index contributed by atoms with van der Waals surface area (Å²) in [6, 6.07) is 0.229. The highest BCUT2D eigenvalue weighted by molar-refractivity contribution is 6.25. The van der Waals surface area contributed by atoms with Gasteiger partial charge in [0.15, 0.2) is 0 Å². The third kappa shape index (κ3) is 5.24. The van der Waals surface area contributed by atoms with Crippen LogP contribution in [0.3, 0.4) is 0 Å². The molecule has 0 aliphatic carbocycles. The van der Waals surface area contributed by atoms with Crippen LogP contribution in [-0.4, -0.2) is 36.2 Å². The lowest BCUT2D eigenvalue weighted by molar-refractivity contribution is 0.153. The van der Waals surface area contributed by atoms with Gasteiger partial charge in [-0.3, -0.25) is 0 Å². The summed E-state index contributed by atoms with van der Waals surface area (Å²) in [5.41, 5.74) is 1.49. The van der Waals surface area contributed by atoms with Crippen LogP contribution in [-0.2, 0) is 0 Å². The van der Waals surface area contributed by atoms with Crippen LogP contribution >= 0.6 is 11.6 Å². The second kappa shape index (κ2) is 5.58. The van der Waals surface area contributed by atoms with Crippen LogP contribution in [0.5, 0.6) is 0 Å². The molecule has 0 bridgehead atoms. The molecule has 66 valence electrons. The summed E-state index contributed by atoms with van der Waals surface area (Å²) >= 11 is 5.43. The Morgan fingerprint density at radius 3 is 2.36 bits per heavy atom. The molecule has 0 heterocycles. The molecule has 2 atom stereocenters. The number of hydrogen-bond donors (Lipinski definition) is 1. The van der Waals surface area contributed by atoms with E-state index in [1.165, 1.54) is 5.54 Å². The largest absolute Gasteiger partial charge is 0.393 e. The lowest BCUT2D eigenvalue weighted by Crippen LogP contribution is -2.29. The molecule has 2 nitrogen and oxygen atoms in total. The monoisotopic (exact) mass is 177 g/mol. The zero-order valence-corrected chi connectivity index (χ0v) is 8.04. The van der Waals surface area contributed by atoms with Crippen LogP contribution in [0.25, 0.3) is 0 Å². The van der Waals surface area contributed by atoms with Gasteiger partial charge in [0, 0.05) is 11.6 Å². The summed E-state index contributed by atoms with van der Waals surface area (Å²) in [6.07, 6.45) is 2.31. The van der Waals surface area contributed by atoms with Crippen molar-refractivity contribution in [3.05, 3.63) is 11.6 Å². The van der Waals surface area contributed by atoms with E-state index in [2.05, 4.69) is 0 Å². The first-order valence-corrected chi connectivity index (χ1v) is 4.13. The lowest BCUT2D eigenvalue weighted by Gasteiger charge is -2.21. The van der Waals surface area contributed by atoms with Crippen LogP contribution < -0.4 is 0 Å². The highest BCUT2D eigenvalue weighted by Gasteiger charge is 2.09. The minimum absolute atomic E-state index is 0.229. The quantitative estimate of drug-likeness (QED) is 0.703. The normalized spacial score (nSPS) is 17.6. The van der Waals surface area contributed by atoms with Crippen molar-refractivity contribution in [1.82, 2.24) is 4.90 Å². The summed E-state index contributed by atoms with van der Waals surface area (Å²) in [6.45, 7) is 1.78. The number of aliphatic hydroxyl groups is 1. The van der Waals surface area contributed by atoms with Crippen molar-refractivity contribution < 1.29 is 5.11 Å². The Labute approximate surface area is 73.5 Å². The van der Waals surface area contributed by atoms with E-state index in [9.17, 15) is 0 Å². The van der Waals surface area contributed by atoms with E-state index < -0.39 is 0 Å². The van der Waals surface area contributed by atoms with Crippen molar-refractivity contribution in [1.29, 1.82) is 0 Å². The van der Waals surface area contributed by atoms with Gasteiger partial charge in [-0.05, 0) is 27.4 Å². The van der Waals surface area contributed by atoms with Crippen LogP contribution in [0.2, 0.25) is 0 Å². The Hall–Kier alpha value is -0.0500. The topological polar surface area (TPSA) is 23.5 Å². The van der Waals surface area contributed by atoms with E-state index in [-0.39, 0.29) is 12.1 Å². The van der Waals surface area contributed by atoms with Crippen LogP contribution in [0.4, 0.5) is 0 Å². The predicted octanol–water partition coefficient (Wildman–Crippen LogP) is 1.44. The van der Waals surface area contributed by atoms with Gasteiger partial charge >= 0.3 is 0 Å². The average molecular weight is 178 g/mol. The third-order valence-electron chi connectivity index (χ3n) is 1.54.